The third-order valence-electron chi connectivity index (χ3n) is 5.03. The van der Waals surface area contributed by atoms with Crippen molar-refractivity contribution in [1.29, 1.82) is 10.5 Å². The Morgan fingerprint density at radius 1 is 1.27 bits per heavy atom. The fourth-order valence-corrected chi connectivity index (χ4v) is 4.73. The molecular weight excluding hydrogens is 353 g/mol. The molecule has 3 rings (SSSR count). The molecule has 1 aliphatic carbocycles. The molecule has 0 bridgehead atoms. The molecule has 0 unspecified atom stereocenters. The van der Waals surface area contributed by atoms with E-state index < -0.39 is 23.1 Å². The number of nitrogens with one attached hydrogen (secondary N) is 1. The molecule has 0 saturated heterocycles. The maximum absolute atomic E-state index is 13.0. The molecule has 1 aliphatic heterocycles. The van der Waals surface area contributed by atoms with Crippen molar-refractivity contribution in [2.45, 2.75) is 25.7 Å². The number of halogens is 1. The lowest BCUT2D eigenvalue weighted by Gasteiger charge is -2.37. The van der Waals surface area contributed by atoms with Gasteiger partial charge in [-0.3, -0.25) is 9.59 Å². The molecule has 1 atom stereocenters. The summed E-state index contributed by atoms with van der Waals surface area (Å²) in [5, 5.41) is 22.1. The van der Waals surface area contributed by atoms with Crippen molar-refractivity contribution < 1.29 is 14.0 Å². The average Bonchev–Trinajstić information content (AvgIpc) is 3.10. The predicted molar refractivity (Wildman–Crippen MR) is 94.0 cm³/mol. The molecule has 1 amide bonds. The lowest BCUT2D eigenvalue weighted by atomic mass is 9.67. The number of nitrogens with zero attached hydrogens (tertiary/aromatic N) is 2. The van der Waals surface area contributed by atoms with Gasteiger partial charge in [0.05, 0.1) is 28.5 Å². The Bertz CT molecular complexity index is 858. The van der Waals surface area contributed by atoms with Gasteiger partial charge in [-0.05, 0) is 37.1 Å². The standard InChI is InChI=1S/C19H16FN3O2S/c20-13-5-3-12(4-6-13)16(24)11-26-18-15(10-22)19(7-1-2-8-19)14(9-21)17(25)23-18/h3-6,14H,1-2,7-8,11H2,(H,23,25)/t14-/m0/s1. The molecule has 0 aromatic heterocycles. The highest BCUT2D eigenvalue weighted by molar-refractivity contribution is 8.03. The largest absolute Gasteiger partial charge is 0.319 e. The number of benzene rings is 1. The number of Topliss-reactive ketones (excluding diaryl/α,β-unsaturated/α-hetero) is 1. The normalized spacial score (nSPS) is 21.2. The van der Waals surface area contributed by atoms with E-state index in [1.165, 1.54) is 24.3 Å². The molecule has 1 spiro atoms. The molecular formula is C19H16FN3O2S. The molecule has 1 saturated carbocycles. The second kappa shape index (κ2) is 7.31. The van der Waals surface area contributed by atoms with Gasteiger partial charge in [0, 0.05) is 11.0 Å². The van der Waals surface area contributed by atoms with Gasteiger partial charge in [-0.25, -0.2) is 4.39 Å². The van der Waals surface area contributed by atoms with Crippen LogP contribution in [0.4, 0.5) is 4.39 Å². The zero-order chi connectivity index (χ0) is 18.7. The van der Waals surface area contributed by atoms with Crippen LogP contribution in [0.1, 0.15) is 36.0 Å². The lowest BCUT2D eigenvalue weighted by Crippen LogP contribution is -2.46. The number of hydrogen-bond acceptors (Lipinski definition) is 5. The van der Waals surface area contributed by atoms with Gasteiger partial charge < -0.3 is 5.32 Å². The Morgan fingerprint density at radius 3 is 2.50 bits per heavy atom. The number of carbonyl (C=O) groups is 2. The molecule has 132 valence electrons. The fourth-order valence-electron chi connectivity index (χ4n) is 3.72. The highest BCUT2D eigenvalue weighted by Gasteiger charge is 2.52. The third-order valence-corrected chi connectivity index (χ3v) is 6.03. The lowest BCUT2D eigenvalue weighted by molar-refractivity contribution is -0.126. The smallest absolute Gasteiger partial charge is 0.243 e. The van der Waals surface area contributed by atoms with Gasteiger partial charge >= 0.3 is 0 Å². The van der Waals surface area contributed by atoms with Crippen LogP contribution in [0.25, 0.3) is 0 Å². The minimum Gasteiger partial charge on any atom is -0.319 e. The first kappa shape index (κ1) is 18.2. The first-order valence-electron chi connectivity index (χ1n) is 8.29. The molecule has 5 nitrogen and oxygen atoms in total. The van der Waals surface area contributed by atoms with Crippen molar-refractivity contribution in [3.63, 3.8) is 0 Å². The van der Waals surface area contributed by atoms with Crippen molar-refractivity contribution in [2.24, 2.45) is 11.3 Å². The molecule has 2 aliphatic rings. The van der Waals surface area contributed by atoms with Crippen LogP contribution in [0.5, 0.6) is 0 Å². The first-order valence-corrected chi connectivity index (χ1v) is 9.27. The van der Waals surface area contributed by atoms with E-state index in [1.54, 1.807) is 0 Å². The van der Waals surface area contributed by atoms with E-state index in [1.807, 2.05) is 0 Å². The SMILES string of the molecule is N#CC1=C(SCC(=O)c2ccc(F)cc2)NC(=O)[C@H](C#N)C12CCCC2. The van der Waals surface area contributed by atoms with Crippen molar-refractivity contribution in [3.8, 4) is 12.1 Å². The molecule has 1 fully saturated rings. The van der Waals surface area contributed by atoms with E-state index in [2.05, 4.69) is 17.5 Å². The van der Waals surface area contributed by atoms with E-state index in [4.69, 9.17) is 0 Å². The number of hydrogen-bond donors (Lipinski definition) is 1. The number of ketones is 1. The highest BCUT2D eigenvalue weighted by Crippen LogP contribution is 2.53. The van der Waals surface area contributed by atoms with Crippen molar-refractivity contribution in [2.75, 3.05) is 5.75 Å². The highest BCUT2D eigenvalue weighted by atomic mass is 32.2. The Morgan fingerprint density at radius 2 is 1.92 bits per heavy atom. The average molecular weight is 369 g/mol. The van der Waals surface area contributed by atoms with E-state index in [-0.39, 0.29) is 11.5 Å². The maximum Gasteiger partial charge on any atom is 0.243 e. The van der Waals surface area contributed by atoms with E-state index >= 15 is 0 Å². The summed E-state index contributed by atoms with van der Waals surface area (Å²) >= 11 is 1.09. The number of carbonyl (C=O) groups excluding carboxylic acids is 2. The van der Waals surface area contributed by atoms with Crippen LogP contribution in [-0.2, 0) is 4.79 Å². The number of rotatable bonds is 4. The van der Waals surface area contributed by atoms with Crippen LogP contribution in [0.2, 0.25) is 0 Å². The van der Waals surface area contributed by atoms with Crippen LogP contribution in [0.15, 0.2) is 34.9 Å². The van der Waals surface area contributed by atoms with Gasteiger partial charge in [0.15, 0.2) is 5.78 Å². The molecule has 7 heteroatoms. The summed E-state index contributed by atoms with van der Waals surface area (Å²) in [7, 11) is 0. The van der Waals surface area contributed by atoms with E-state index in [9.17, 15) is 24.5 Å². The number of allylic oxidation sites excluding steroid dienone is 1. The van der Waals surface area contributed by atoms with Gasteiger partial charge in [-0.1, -0.05) is 24.6 Å². The summed E-state index contributed by atoms with van der Waals surface area (Å²) in [5.41, 5.74) is 0.0243. The second-order valence-electron chi connectivity index (χ2n) is 6.45. The minimum atomic E-state index is -0.878. The minimum absolute atomic E-state index is 0.0136. The third kappa shape index (κ3) is 3.11. The fraction of sp³-hybridized carbons (Fsp3) is 0.368. The number of amides is 1. The maximum atomic E-state index is 13.0. The Hall–Kier alpha value is -2.64. The van der Waals surface area contributed by atoms with E-state index in [0.29, 0.717) is 29.0 Å². The monoisotopic (exact) mass is 369 g/mol. The Kier molecular flexibility index (Phi) is 5.11. The van der Waals surface area contributed by atoms with Crippen LogP contribution in [0.3, 0.4) is 0 Å². The predicted octanol–water partition coefficient (Wildman–Crippen LogP) is 3.31. The van der Waals surface area contributed by atoms with Crippen molar-refractivity contribution in [3.05, 3.63) is 46.2 Å². The molecule has 26 heavy (non-hydrogen) atoms. The number of thioether (sulfide) groups is 1. The molecule has 0 radical (unpaired) electrons. The van der Waals surface area contributed by atoms with Crippen molar-refractivity contribution in [1.82, 2.24) is 5.32 Å². The van der Waals surface area contributed by atoms with Gasteiger partial charge in [0.25, 0.3) is 0 Å². The zero-order valence-corrected chi connectivity index (χ0v) is 14.7. The molecule has 1 aromatic rings. The molecule has 1 N–H and O–H groups in total. The van der Waals surface area contributed by atoms with Crippen LogP contribution in [0, 0.1) is 39.8 Å². The summed E-state index contributed by atoms with van der Waals surface area (Å²) in [5.74, 6) is -1.92. The van der Waals surface area contributed by atoms with E-state index in [0.717, 1.165) is 24.6 Å². The number of nitriles is 2. The van der Waals surface area contributed by atoms with Crippen molar-refractivity contribution >= 4 is 23.5 Å². The summed E-state index contributed by atoms with van der Waals surface area (Å²) in [6.45, 7) is 0. The summed E-state index contributed by atoms with van der Waals surface area (Å²) in [4.78, 5) is 24.7. The summed E-state index contributed by atoms with van der Waals surface area (Å²) in [6, 6.07) is 9.47. The van der Waals surface area contributed by atoms with Gasteiger partial charge in [-0.2, -0.15) is 10.5 Å². The molecule has 1 aromatic carbocycles. The van der Waals surface area contributed by atoms with Gasteiger partial charge in [-0.15, -0.1) is 0 Å². The van der Waals surface area contributed by atoms with Crippen LogP contribution in [-0.4, -0.2) is 17.4 Å². The van der Waals surface area contributed by atoms with Crippen LogP contribution < -0.4 is 5.32 Å². The van der Waals surface area contributed by atoms with Gasteiger partial charge in [0.1, 0.15) is 11.7 Å². The zero-order valence-electron chi connectivity index (χ0n) is 13.9. The summed E-state index contributed by atoms with van der Waals surface area (Å²) in [6.07, 6.45) is 2.97. The summed E-state index contributed by atoms with van der Waals surface area (Å²) < 4.78 is 13.0. The second-order valence-corrected chi connectivity index (χ2v) is 7.43. The Balaban J connectivity index is 1.86. The molecule has 1 heterocycles. The quantitative estimate of drug-likeness (QED) is 0.822. The van der Waals surface area contributed by atoms with Crippen LogP contribution >= 0.6 is 11.8 Å². The first-order chi connectivity index (χ1) is 12.5. The topological polar surface area (TPSA) is 93.8 Å². The van der Waals surface area contributed by atoms with Gasteiger partial charge in [0.2, 0.25) is 5.91 Å². The Labute approximate surface area is 154 Å².